The van der Waals surface area contributed by atoms with Crippen molar-refractivity contribution in [1.29, 1.82) is 0 Å². The van der Waals surface area contributed by atoms with Gasteiger partial charge in [0.15, 0.2) is 0 Å². The van der Waals surface area contributed by atoms with Crippen LogP contribution in [0.1, 0.15) is 77.2 Å². The zero-order chi connectivity index (χ0) is 25.3. The number of hydrogen-bond donors (Lipinski definition) is 1. The van der Waals surface area contributed by atoms with Gasteiger partial charge in [-0.25, -0.2) is 9.78 Å². The summed E-state index contributed by atoms with van der Waals surface area (Å²) in [5.41, 5.74) is 1.24. The van der Waals surface area contributed by atoms with Crippen molar-refractivity contribution in [2.45, 2.75) is 95.3 Å². The minimum absolute atomic E-state index is 0.0533. The average molecular weight is 504 g/mol. The van der Waals surface area contributed by atoms with Crippen LogP contribution in [-0.2, 0) is 4.79 Å². The Morgan fingerprint density at radius 2 is 1.65 bits per heavy atom. The zero-order valence-electron chi connectivity index (χ0n) is 21.6. The van der Waals surface area contributed by atoms with Crippen LogP contribution in [-0.4, -0.2) is 51.1 Å². The maximum atomic E-state index is 14.0. The number of hydrogen-bond acceptors (Lipinski definition) is 5. The molecule has 37 heavy (non-hydrogen) atoms. The molecule has 196 valence electrons. The van der Waals surface area contributed by atoms with Crippen molar-refractivity contribution in [3.8, 4) is 0 Å². The maximum absolute atomic E-state index is 14.0. The number of aromatic nitrogens is 2. The molecule has 5 aliphatic rings. The van der Waals surface area contributed by atoms with Gasteiger partial charge in [-0.15, -0.1) is 0 Å². The minimum Gasteiger partial charge on any atom is -0.300 e. The fourth-order valence-corrected chi connectivity index (χ4v) is 8.66. The maximum Gasteiger partial charge on any atom is 0.330 e. The fourth-order valence-electron chi connectivity index (χ4n) is 8.66. The summed E-state index contributed by atoms with van der Waals surface area (Å²) in [6.07, 6.45) is 12.7. The molecular formula is C29H37N5O3. The van der Waals surface area contributed by atoms with Gasteiger partial charge in [0.25, 0.3) is 5.56 Å². The molecule has 0 unspecified atom stereocenters. The summed E-state index contributed by atoms with van der Waals surface area (Å²) in [6.45, 7) is 2.24. The number of carbonyl (C=O) groups excluding carboxylic acids is 2. The summed E-state index contributed by atoms with van der Waals surface area (Å²) in [4.78, 5) is 47.1. The number of anilines is 1. The number of urea groups is 1. The van der Waals surface area contributed by atoms with E-state index in [2.05, 4.69) is 22.1 Å². The first-order chi connectivity index (χ1) is 18.0. The number of nitrogens with zero attached hydrogens (tertiary/aromatic N) is 4. The van der Waals surface area contributed by atoms with Gasteiger partial charge < -0.3 is 4.57 Å². The molecule has 1 aromatic heterocycles. The monoisotopic (exact) mass is 503 g/mol. The van der Waals surface area contributed by atoms with Crippen LogP contribution in [0.25, 0.3) is 11.0 Å². The molecule has 0 radical (unpaired) electrons. The largest absolute Gasteiger partial charge is 0.330 e. The molecule has 0 spiro atoms. The molecule has 3 aliphatic heterocycles. The number of piperidine rings is 2. The molecule has 2 aromatic rings. The Morgan fingerprint density at radius 1 is 0.865 bits per heavy atom. The first-order valence-electron chi connectivity index (χ1n) is 14.4. The molecule has 4 bridgehead atoms. The number of nitrogens with one attached hydrogen (secondary N) is 1. The zero-order valence-corrected chi connectivity index (χ0v) is 21.6. The molecule has 5 fully saturated rings. The van der Waals surface area contributed by atoms with E-state index in [-0.39, 0.29) is 24.0 Å². The highest BCUT2D eigenvalue weighted by molar-refractivity contribution is 6.11. The van der Waals surface area contributed by atoms with E-state index in [1.165, 1.54) is 56.3 Å². The van der Waals surface area contributed by atoms with Gasteiger partial charge >= 0.3 is 6.03 Å². The van der Waals surface area contributed by atoms with Crippen LogP contribution in [0.2, 0.25) is 0 Å². The van der Waals surface area contributed by atoms with Crippen LogP contribution in [0, 0.1) is 17.8 Å². The highest BCUT2D eigenvalue weighted by atomic mass is 16.2. The van der Waals surface area contributed by atoms with Crippen molar-refractivity contribution in [2.24, 2.45) is 17.8 Å². The summed E-state index contributed by atoms with van der Waals surface area (Å²) < 4.78 is 1.92. The van der Waals surface area contributed by atoms with Crippen LogP contribution in [0.5, 0.6) is 0 Å². The molecule has 4 heterocycles. The number of fused-ring (bicyclic) bond motifs is 5. The van der Waals surface area contributed by atoms with Crippen molar-refractivity contribution in [2.75, 3.05) is 11.4 Å². The van der Waals surface area contributed by atoms with E-state index in [1.54, 1.807) is 0 Å². The molecular weight excluding hydrogens is 466 g/mol. The minimum atomic E-state index is -0.570. The Balaban J connectivity index is 1.26. The van der Waals surface area contributed by atoms with E-state index < -0.39 is 11.9 Å². The lowest BCUT2D eigenvalue weighted by Crippen LogP contribution is -2.61. The third-order valence-corrected chi connectivity index (χ3v) is 10.2. The lowest BCUT2D eigenvalue weighted by molar-refractivity contribution is -0.117. The molecule has 1 N–H and O–H groups in total. The van der Waals surface area contributed by atoms with Gasteiger partial charge in [-0.1, -0.05) is 38.3 Å². The Kier molecular flexibility index (Phi) is 5.64. The number of carbonyl (C=O) groups is 2. The molecule has 8 heteroatoms. The second-order valence-corrected chi connectivity index (χ2v) is 12.4. The van der Waals surface area contributed by atoms with Gasteiger partial charge in [-0.2, -0.15) is 0 Å². The third kappa shape index (κ3) is 3.90. The second kappa shape index (κ2) is 8.93. The third-order valence-electron chi connectivity index (χ3n) is 10.2. The first kappa shape index (κ1) is 23.4. The van der Waals surface area contributed by atoms with Crippen molar-refractivity contribution >= 4 is 28.8 Å². The number of amides is 3. The number of rotatable bonds is 3. The smallest absolute Gasteiger partial charge is 0.300 e. The Labute approximate surface area is 217 Å². The van der Waals surface area contributed by atoms with Crippen molar-refractivity contribution in [1.82, 2.24) is 19.8 Å². The van der Waals surface area contributed by atoms with E-state index in [0.29, 0.717) is 29.6 Å². The van der Waals surface area contributed by atoms with Crippen molar-refractivity contribution < 1.29 is 9.59 Å². The summed E-state index contributed by atoms with van der Waals surface area (Å²) in [6, 6.07) is 8.84. The van der Waals surface area contributed by atoms with Gasteiger partial charge in [0, 0.05) is 24.2 Å². The summed E-state index contributed by atoms with van der Waals surface area (Å²) in [7, 11) is 0. The average Bonchev–Trinajstić information content (AvgIpc) is 3.22. The predicted octanol–water partition coefficient (Wildman–Crippen LogP) is 4.23. The van der Waals surface area contributed by atoms with Crippen LogP contribution >= 0.6 is 0 Å². The van der Waals surface area contributed by atoms with E-state index in [1.807, 2.05) is 28.8 Å². The van der Waals surface area contributed by atoms with E-state index in [0.717, 1.165) is 30.2 Å². The topological polar surface area (TPSA) is 87.5 Å². The van der Waals surface area contributed by atoms with E-state index in [4.69, 9.17) is 0 Å². The summed E-state index contributed by atoms with van der Waals surface area (Å²) >= 11 is 0. The number of imide groups is 1. The summed E-state index contributed by atoms with van der Waals surface area (Å²) in [5, 5.41) is 2.29. The number of para-hydroxylation sites is 2. The van der Waals surface area contributed by atoms with Gasteiger partial charge in [-0.3, -0.25) is 24.7 Å². The van der Waals surface area contributed by atoms with Crippen LogP contribution < -0.4 is 15.8 Å². The Bertz CT molecular complexity index is 1290. The van der Waals surface area contributed by atoms with E-state index in [9.17, 15) is 14.4 Å². The normalized spacial score (nSPS) is 36.1. The van der Waals surface area contributed by atoms with Gasteiger partial charge in [0.05, 0.1) is 11.0 Å². The highest BCUT2D eigenvalue weighted by Crippen LogP contribution is 2.48. The molecule has 7 atom stereocenters. The van der Waals surface area contributed by atoms with E-state index >= 15 is 0 Å². The molecule has 2 aliphatic carbocycles. The lowest BCUT2D eigenvalue weighted by Gasteiger charge is -2.57. The summed E-state index contributed by atoms with van der Waals surface area (Å²) in [5.74, 6) is 2.05. The molecule has 3 saturated heterocycles. The van der Waals surface area contributed by atoms with Gasteiger partial charge in [0.2, 0.25) is 11.7 Å². The Hall–Kier alpha value is -2.74. The quantitative estimate of drug-likeness (QED) is 0.634. The first-order valence-corrected chi connectivity index (χ1v) is 14.4. The molecule has 1 aromatic carbocycles. The lowest BCUT2D eigenvalue weighted by atomic mass is 9.67. The molecule has 8 nitrogen and oxygen atoms in total. The SMILES string of the molecule is C[C@@H]1CC[C@H]2C[C@@H](n3c(=O)c(N4CC(=O)NC4=O)nc4ccccc43)C[C@@H]1N2[C@H]1C[C@@H]2CCC[C@@H](C2)C1. The van der Waals surface area contributed by atoms with Crippen molar-refractivity contribution in [3.05, 3.63) is 34.6 Å². The number of benzene rings is 1. The standard InChI is InChI=1S/C29H37N5O3/c1-17-9-10-20-14-22(15-25(17)33(20)21-12-18-5-4-6-19(11-18)13-21)34-24-8-3-2-7-23(24)30-27(28(34)36)32-16-26(35)31-29(32)37/h2-3,7-8,17-22,25H,4-6,9-16H2,1H3,(H,31,35,37)/t17-,18-,19+,20+,21+,22-,25+/m1/s1. The Morgan fingerprint density at radius 3 is 2.41 bits per heavy atom. The van der Waals surface area contributed by atoms with Gasteiger partial charge in [-0.05, 0) is 74.8 Å². The van der Waals surface area contributed by atoms with Crippen molar-refractivity contribution in [3.63, 3.8) is 0 Å². The van der Waals surface area contributed by atoms with Crippen LogP contribution in [0.4, 0.5) is 10.6 Å². The van der Waals surface area contributed by atoms with Gasteiger partial charge in [0.1, 0.15) is 6.54 Å². The van der Waals surface area contributed by atoms with Crippen LogP contribution in [0.3, 0.4) is 0 Å². The highest BCUT2D eigenvalue weighted by Gasteiger charge is 2.47. The molecule has 7 rings (SSSR count). The molecule has 3 amide bonds. The second-order valence-electron chi connectivity index (χ2n) is 12.4. The fraction of sp³-hybridized carbons (Fsp3) is 0.655. The van der Waals surface area contributed by atoms with Crippen LogP contribution in [0.15, 0.2) is 29.1 Å². The molecule has 2 saturated carbocycles. The predicted molar refractivity (Wildman–Crippen MR) is 141 cm³/mol.